The van der Waals surface area contributed by atoms with Gasteiger partial charge in [0.2, 0.25) is 0 Å². The van der Waals surface area contributed by atoms with E-state index in [1.165, 1.54) is 25.3 Å². The number of rotatable bonds is 5. The molecule has 1 aliphatic heterocycles. The van der Waals surface area contributed by atoms with Gasteiger partial charge >= 0.3 is 18.2 Å². The topological polar surface area (TPSA) is 65.1 Å². The van der Waals surface area contributed by atoms with Gasteiger partial charge in [0, 0.05) is 13.1 Å². The van der Waals surface area contributed by atoms with E-state index >= 15 is 0 Å². The van der Waals surface area contributed by atoms with E-state index in [1.54, 1.807) is 17.0 Å². The molecule has 0 radical (unpaired) electrons. The number of amides is 1. The third-order valence-electron chi connectivity index (χ3n) is 5.66. The van der Waals surface area contributed by atoms with Gasteiger partial charge in [-0.25, -0.2) is 9.59 Å². The number of hydrogen-bond donors (Lipinski definition) is 0. The number of carbonyl (C=O) groups is 2. The number of nitrogens with zero attached hydrogens (tertiary/aromatic N) is 1. The van der Waals surface area contributed by atoms with E-state index in [4.69, 9.17) is 9.47 Å². The molecule has 190 valence electrons. The van der Waals surface area contributed by atoms with Crippen molar-refractivity contribution in [3.05, 3.63) is 53.6 Å². The molecule has 1 saturated heterocycles. The predicted molar refractivity (Wildman–Crippen MR) is 124 cm³/mol. The Balaban J connectivity index is 1.62. The number of benzene rings is 2. The molecule has 0 aliphatic carbocycles. The minimum atomic E-state index is -4.58. The summed E-state index contributed by atoms with van der Waals surface area (Å²) < 4.78 is 56.5. The molecule has 2 aromatic rings. The first-order chi connectivity index (χ1) is 16.4. The molecule has 1 fully saturated rings. The highest BCUT2D eigenvalue weighted by atomic mass is 19.4. The molecule has 3 rings (SSSR count). The van der Waals surface area contributed by atoms with Crippen LogP contribution in [0.5, 0.6) is 5.75 Å². The van der Waals surface area contributed by atoms with Gasteiger partial charge in [-0.1, -0.05) is 12.1 Å². The normalized spacial score (nSPS) is 15.0. The maximum atomic E-state index is 13.5. The van der Waals surface area contributed by atoms with Gasteiger partial charge in [-0.2, -0.15) is 13.2 Å². The van der Waals surface area contributed by atoms with Crippen molar-refractivity contribution in [1.82, 2.24) is 4.90 Å². The third kappa shape index (κ3) is 7.13. The van der Waals surface area contributed by atoms with E-state index in [1.807, 2.05) is 20.8 Å². The van der Waals surface area contributed by atoms with Gasteiger partial charge in [0.05, 0.1) is 24.8 Å². The van der Waals surface area contributed by atoms with Crippen LogP contribution < -0.4 is 4.74 Å². The smallest absolute Gasteiger partial charge is 0.417 e. The summed E-state index contributed by atoms with van der Waals surface area (Å²) >= 11 is 0. The molecule has 1 aliphatic rings. The Labute approximate surface area is 203 Å². The minimum Gasteiger partial charge on any atom is -0.493 e. The number of methoxy groups -OCH3 is 1. The van der Waals surface area contributed by atoms with E-state index < -0.39 is 23.3 Å². The van der Waals surface area contributed by atoms with Crippen molar-refractivity contribution >= 4 is 12.1 Å². The van der Waals surface area contributed by atoms with Crippen LogP contribution >= 0.6 is 0 Å². The fraction of sp³-hybridized carbons (Fsp3) is 0.462. The lowest BCUT2D eigenvalue weighted by Crippen LogP contribution is -2.42. The first-order valence-electron chi connectivity index (χ1n) is 11.4. The Morgan fingerprint density at radius 2 is 1.63 bits per heavy atom. The molecule has 9 heteroatoms. The van der Waals surface area contributed by atoms with E-state index in [0.29, 0.717) is 31.0 Å². The lowest BCUT2D eigenvalue weighted by atomic mass is 9.96. The van der Waals surface area contributed by atoms with Gasteiger partial charge in [0.25, 0.3) is 0 Å². The van der Waals surface area contributed by atoms with Crippen LogP contribution in [0.15, 0.2) is 42.5 Å². The summed E-state index contributed by atoms with van der Waals surface area (Å²) in [6.45, 7) is 7.09. The molecule has 0 unspecified atom stereocenters. The maximum Gasteiger partial charge on any atom is 0.417 e. The average molecular weight is 494 g/mol. The number of esters is 1. The van der Waals surface area contributed by atoms with Gasteiger partial charge in [0.15, 0.2) is 0 Å². The molecule has 0 spiro atoms. The Kier molecular flexibility index (Phi) is 7.97. The van der Waals surface area contributed by atoms with Crippen molar-refractivity contribution in [3.63, 3.8) is 0 Å². The zero-order valence-electron chi connectivity index (χ0n) is 20.3. The molecule has 0 bridgehead atoms. The molecule has 1 amide bonds. The van der Waals surface area contributed by atoms with Gasteiger partial charge in [-0.15, -0.1) is 0 Å². The Bertz CT molecular complexity index is 1040. The average Bonchev–Trinajstić information content (AvgIpc) is 2.81. The van der Waals surface area contributed by atoms with Crippen LogP contribution in [0, 0.1) is 5.92 Å². The van der Waals surface area contributed by atoms with Crippen molar-refractivity contribution in [2.45, 2.75) is 45.4 Å². The van der Waals surface area contributed by atoms with Crippen molar-refractivity contribution in [1.29, 1.82) is 0 Å². The number of halogens is 3. The highest BCUT2D eigenvalue weighted by Gasteiger charge is 2.34. The lowest BCUT2D eigenvalue weighted by molar-refractivity contribution is -0.137. The summed E-state index contributed by atoms with van der Waals surface area (Å²) in [4.78, 5) is 25.7. The van der Waals surface area contributed by atoms with E-state index in [0.717, 1.165) is 25.0 Å². The first-order valence-corrected chi connectivity index (χ1v) is 11.4. The Hall–Kier alpha value is -3.23. The summed E-state index contributed by atoms with van der Waals surface area (Å²) in [5.41, 5.74) is -1.14. The fourth-order valence-electron chi connectivity index (χ4n) is 3.83. The number of likely N-dealkylation sites (tertiary alicyclic amines) is 1. The largest absolute Gasteiger partial charge is 0.493 e. The highest BCUT2D eigenvalue weighted by molar-refractivity contribution is 5.91. The summed E-state index contributed by atoms with van der Waals surface area (Å²) in [5.74, 6) is 0.0700. The molecule has 0 N–H and O–H groups in total. The number of carbonyl (C=O) groups excluding carboxylic acids is 2. The maximum absolute atomic E-state index is 13.5. The molecule has 2 aromatic carbocycles. The van der Waals surface area contributed by atoms with Crippen molar-refractivity contribution < 1.29 is 37.0 Å². The monoisotopic (exact) mass is 493 g/mol. The SMILES string of the molecule is COC(=O)c1ccc(C(F)(F)F)c(-c2ccc(OCC3CCN(C(=O)OC(C)(C)C)CC3)cc2)c1. The minimum absolute atomic E-state index is 0.0357. The van der Waals surface area contributed by atoms with Crippen LogP contribution in [-0.2, 0) is 15.7 Å². The summed E-state index contributed by atoms with van der Waals surface area (Å²) in [7, 11) is 1.17. The number of alkyl halides is 3. The zero-order valence-corrected chi connectivity index (χ0v) is 20.3. The van der Waals surface area contributed by atoms with Crippen molar-refractivity contribution in [3.8, 4) is 16.9 Å². The summed E-state index contributed by atoms with van der Waals surface area (Å²) in [6.07, 6.45) is -3.35. The molecular weight excluding hydrogens is 463 g/mol. The number of ether oxygens (including phenoxy) is 3. The van der Waals surface area contributed by atoms with Gasteiger partial charge in [-0.05, 0) is 81.0 Å². The lowest BCUT2D eigenvalue weighted by Gasteiger charge is -2.33. The van der Waals surface area contributed by atoms with Crippen LogP contribution in [0.2, 0.25) is 0 Å². The zero-order chi connectivity index (χ0) is 25.8. The third-order valence-corrected chi connectivity index (χ3v) is 5.66. The van der Waals surface area contributed by atoms with Gasteiger partial charge < -0.3 is 19.1 Å². The summed E-state index contributed by atoms with van der Waals surface area (Å²) in [6, 6.07) is 9.45. The standard InChI is InChI=1S/C26H30F3NO5/c1-25(2,3)35-24(32)30-13-11-17(12-14-30)16-34-20-8-5-18(6-9-20)21-15-19(23(31)33-4)7-10-22(21)26(27,28)29/h5-10,15,17H,11-14,16H2,1-4H3. The summed E-state index contributed by atoms with van der Waals surface area (Å²) in [5, 5.41) is 0. The van der Waals surface area contributed by atoms with Gasteiger partial charge in [-0.3, -0.25) is 0 Å². The predicted octanol–water partition coefficient (Wildman–Crippen LogP) is 6.18. The van der Waals surface area contributed by atoms with Gasteiger partial charge in [0.1, 0.15) is 11.4 Å². The van der Waals surface area contributed by atoms with Crippen LogP contribution in [-0.4, -0.2) is 49.4 Å². The van der Waals surface area contributed by atoms with Crippen LogP contribution in [0.3, 0.4) is 0 Å². The molecule has 0 aromatic heterocycles. The quantitative estimate of drug-likeness (QED) is 0.465. The second-order valence-electron chi connectivity index (χ2n) is 9.50. The number of hydrogen-bond acceptors (Lipinski definition) is 5. The second-order valence-corrected chi connectivity index (χ2v) is 9.50. The molecule has 6 nitrogen and oxygen atoms in total. The van der Waals surface area contributed by atoms with E-state index in [2.05, 4.69) is 4.74 Å². The molecule has 1 heterocycles. The molecular formula is C26H30F3NO5. The van der Waals surface area contributed by atoms with Crippen LogP contribution in [0.1, 0.15) is 49.5 Å². The van der Waals surface area contributed by atoms with E-state index in [-0.39, 0.29) is 23.1 Å². The van der Waals surface area contributed by atoms with Crippen molar-refractivity contribution in [2.24, 2.45) is 5.92 Å². The van der Waals surface area contributed by atoms with Crippen LogP contribution in [0.25, 0.3) is 11.1 Å². The number of piperidine rings is 1. The second kappa shape index (κ2) is 10.6. The van der Waals surface area contributed by atoms with E-state index in [9.17, 15) is 22.8 Å². The first kappa shape index (κ1) is 26.4. The Morgan fingerprint density at radius 1 is 1.00 bits per heavy atom. The fourth-order valence-corrected chi connectivity index (χ4v) is 3.83. The van der Waals surface area contributed by atoms with Crippen LogP contribution in [0.4, 0.5) is 18.0 Å². The van der Waals surface area contributed by atoms with Crippen molar-refractivity contribution in [2.75, 3.05) is 26.8 Å². The molecule has 35 heavy (non-hydrogen) atoms. The highest BCUT2D eigenvalue weighted by Crippen LogP contribution is 2.38. The Morgan fingerprint density at radius 3 is 2.17 bits per heavy atom. The molecule has 0 atom stereocenters. The molecule has 0 saturated carbocycles.